The van der Waals surface area contributed by atoms with Crippen LogP contribution in [-0.4, -0.2) is 24.3 Å². The zero-order chi connectivity index (χ0) is 9.40. The molecule has 0 radical (unpaired) electrons. The van der Waals surface area contributed by atoms with Crippen LogP contribution < -0.4 is 5.32 Å². The molecule has 0 aromatic rings. The zero-order valence-corrected chi connectivity index (χ0v) is 8.43. The highest BCUT2D eigenvalue weighted by Gasteiger charge is 2.01. The molecule has 0 aliphatic carbocycles. The maximum Gasteiger partial charge on any atom is 0.0445 e. The summed E-state index contributed by atoms with van der Waals surface area (Å²) in [7, 11) is 0. The minimum atomic E-state index is 0.278. The molecule has 0 fully saturated rings. The first-order valence-electron chi connectivity index (χ1n) is 4.68. The van der Waals surface area contributed by atoms with Crippen LogP contribution in [0.5, 0.6) is 0 Å². The molecule has 0 bridgehead atoms. The van der Waals surface area contributed by atoms with Crippen molar-refractivity contribution in [3.05, 3.63) is 11.6 Å². The molecule has 0 heterocycles. The van der Waals surface area contributed by atoms with Crippen LogP contribution in [0.2, 0.25) is 0 Å². The number of rotatable bonds is 6. The molecule has 0 aromatic carbocycles. The summed E-state index contributed by atoms with van der Waals surface area (Å²) in [4.78, 5) is 0. The van der Waals surface area contributed by atoms with Gasteiger partial charge in [-0.3, -0.25) is 0 Å². The van der Waals surface area contributed by atoms with Gasteiger partial charge in [-0.05, 0) is 26.7 Å². The van der Waals surface area contributed by atoms with Crippen LogP contribution in [0.15, 0.2) is 11.6 Å². The Morgan fingerprint density at radius 2 is 2.17 bits per heavy atom. The summed E-state index contributed by atoms with van der Waals surface area (Å²) in [6, 6.07) is 0.464. The maximum absolute atomic E-state index is 8.72. The summed E-state index contributed by atoms with van der Waals surface area (Å²) in [5.41, 5.74) is 1.33. The van der Waals surface area contributed by atoms with E-state index < -0.39 is 0 Å². The summed E-state index contributed by atoms with van der Waals surface area (Å²) < 4.78 is 0. The average Bonchev–Trinajstić information content (AvgIpc) is 2.02. The second-order valence-corrected chi connectivity index (χ2v) is 3.31. The molecule has 0 aromatic heterocycles. The van der Waals surface area contributed by atoms with E-state index in [4.69, 9.17) is 5.11 Å². The second-order valence-electron chi connectivity index (χ2n) is 3.31. The Hall–Kier alpha value is -0.340. The van der Waals surface area contributed by atoms with E-state index in [-0.39, 0.29) is 6.61 Å². The third kappa shape index (κ3) is 6.38. The zero-order valence-electron chi connectivity index (χ0n) is 8.43. The molecule has 0 saturated heterocycles. The lowest BCUT2D eigenvalue weighted by atomic mass is 10.1. The van der Waals surface area contributed by atoms with Crippen molar-refractivity contribution >= 4 is 0 Å². The lowest BCUT2D eigenvalue weighted by Gasteiger charge is -2.13. The summed E-state index contributed by atoms with van der Waals surface area (Å²) in [6.45, 7) is 7.51. The Morgan fingerprint density at radius 1 is 1.50 bits per heavy atom. The number of hydrogen-bond donors (Lipinski definition) is 2. The van der Waals surface area contributed by atoms with Gasteiger partial charge in [0, 0.05) is 19.2 Å². The molecule has 2 heteroatoms. The molecule has 12 heavy (non-hydrogen) atoms. The van der Waals surface area contributed by atoms with Crippen LogP contribution in [-0.2, 0) is 0 Å². The smallest absolute Gasteiger partial charge is 0.0445 e. The minimum Gasteiger partial charge on any atom is -0.396 e. The number of aliphatic hydroxyl groups is 1. The fourth-order valence-corrected chi connectivity index (χ4v) is 1.04. The van der Waals surface area contributed by atoms with Gasteiger partial charge in [0.25, 0.3) is 0 Å². The molecule has 1 unspecified atom stereocenters. The SMILES string of the molecule is CCC(CCO)NCC=C(C)C. The van der Waals surface area contributed by atoms with Gasteiger partial charge in [0.05, 0.1) is 0 Å². The van der Waals surface area contributed by atoms with Gasteiger partial charge in [-0.1, -0.05) is 18.6 Å². The molecule has 2 nitrogen and oxygen atoms in total. The first kappa shape index (κ1) is 11.7. The third-order valence-electron chi connectivity index (χ3n) is 1.89. The third-order valence-corrected chi connectivity index (χ3v) is 1.89. The van der Waals surface area contributed by atoms with Crippen molar-refractivity contribution in [3.63, 3.8) is 0 Å². The molecule has 1 atom stereocenters. The number of aliphatic hydroxyl groups excluding tert-OH is 1. The topological polar surface area (TPSA) is 32.3 Å². The summed E-state index contributed by atoms with van der Waals surface area (Å²) in [5, 5.41) is 12.1. The fourth-order valence-electron chi connectivity index (χ4n) is 1.04. The van der Waals surface area contributed by atoms with Gasteiger partial charge in [-0.25, -0.2) is 0 Å². The van der Waals surface area contributed by atoms with Crippen LogP contribution in [0.25, 0.3) is 0 Å². The first-order chi connectivity index (χ1) is 5.70. The van der Waals surface area contributed by atoms with E-state index in [0.29, 0.717) is 6.04 Å². The van der Waals surface area contributed by atoms with E-state index in [1.54, 1.807) is 0 Å². The largest absolute Gasteiger partial charge is 0.396 e. The lowest BCUT2D eigenvalue weighted by molar-refractivity contribution is 0.264. The highest BCUT2D eigenvalue weighted by molar-refractivity contribution is 4.94. The van der Waals surface area contributed by atoms with Gasteiger partial charge in [0.1, 0.15) is 0 Å². The van der Waals surface area contributed by atoms with Crippen LogP contribution in [0, 0.1) is 0 Å². The summed E-state index contributed by atoms with van der Waals surface area (Å²) in [5.74, 6) is 0. The van der Waals surface area contributed by atoms with Gasteiger partial charge in [0.2, 0.25) is 0 Å². The van der Waals surface area contributed by atoms with E-state index in [9.17, 15) is 0 Å². The van der Waals surface area contributed by atoms with E-state index in [0.717, 1.165) is 19.4 Å². The van der Waals surface area contributed by atoms with Crippen molar-refractivity contribution in [1.82, 2.24) is 5.32 Å². The minimum absolute atomic E-state index is 0.278. The first-order valence-corrected chi connectivity index (χ1v) is 4.68. The highest BCUT2D eigenvalue weighted by Crippen LogP contribution is 1.96. The van der Waals surface area contributed by atoms with Gasteiger partial charge < -0.3 is 10.4 Å². The van der Waals surface area contributed by atoms with Crippen LogP contribution >= 0.6 is 0 Å². The molecule has 0 aliphatic heterocycles. The Kier molecular flexibility index (Phi) is 7.11. The number of hydrogen-bond acceptors (Lipinski definition) is 2. The Morgan fingerprint density at radius 3 is 2.58 bits per heavy atom. The molecular formula is C10H21NO. The van der Waals surface area contributed by atoms with Crippen molar-refractivity contribution in [1.29, 1.82) is 0 Å². The van der Waals surface area contributed by atoms with Crippen molar-refractivity contribution in [3.8, 4) is 0 Å². The normalized spacial score (nSPS) is 12.7. The molecule has 0 amide bonds. The van der Waals surface area contributed by atoms with Crippen LogP contribution in [0.4, 0.5) is 0 Å². The Labute approximate surface area is 75.7 Å². The quantitative estimate of drug-likeness (QED) is 0.596. The van der Waals surface area contributed by atoms with Gasteiger partial charge >= 0.3 is 0 Å². The molecular weight excluding hydrogens is 150 g/mol. The molecule has 0 saturated carbocycles. The van der Waals surface area contributed by atoms with Crippen molar-refractivity contribution in [2.24, 2.45) is 0 Å². The monoisotopic (exact) mass is 171 g/mol. The highest BCUT2D eigenvalue weighted by atomic mass is 16.3. The van der Waals surface area contributed by atoms with Crippen molar-refractivity contribution in [2.75, 3.05) is 13.2 Å². The molecule has 0 spiro atoms. The van der Waals surface area contributed by atoms with Crippen LogP contribution in [0.1, 0.15) is 33.6 Å². The summed E-state index contributed by atoms with van der Waals surface area (Å²) >= 11 is 0. The Bertz CT molecular complexity index is 128. The lowest BCUT2D eigenvalue weighted by Crippen LogP contribution is -2.29. The fraction of sp³-hybridized carbons (Fsp3) is 0.800. The van der Waals surface area contributed by atoms with E-state index >= 15 is 0 Å². The molecule has 0 aliphatic rings. The van der Waals surface area contributed by atoms with Gasteiger partial charge in [-0.15, -0.1) is 0 Å². The number of allylic oxidation sites excluding steroid dienone is 1. The van der Waals surface area contributed by atoms with Gasteiger partial charge in [-0.2, -0.15) is 0 Å². The van der Waals surface area contributed by atoms with E-state index in [2.05, 4.69) is 32.2 Å². The van der Waals surface area contributed by atoms with E-state index in [1.165, 1.54) is 5.57 Å². The van der Waals surface area contributed by atoms with Crippen LogP contribution in [0.3, 0.4) is 0 Å². The Balaban J connectivity index is 3.51. The summed E-state index contributed by atoms with van der Waals surface area (Å²) in [6.07, 6.45) is 4.10. The maximum atomic E-state index is 8.72. The standard InChI is InChI=1S/C10H21NO/c1-4-10(6-8-12)11-7-5-9(2)3/h5,10-12H,4,6-8H2,1-3H3. The number of nitrogens with one attached hydrogen (secondary N) is 1. The molecule has 2 N–H and O–H groups in total. The average molecular weight is 171 g/mol. The predicted molar refractivity (Wildman–Crippen MR) is 53.2 cm³/mol. The van der Waals surface area contributed by atoms with Gasteiger partial charge in [0.15, 0.2) is 0 Å². The predicted octanol–water partition coefficient (Wildman–Crippen LogP) is 1.70. The van der Waals surface area contributed by atoms with Crippen molar-refractivity contribution in [2.45, 2.75) is 39.7 Å². The van der Waals surface area contributed by atoms with Crippen molar-refractivity contribution < 1.29 is 5.11 Å². The van der Waals surface area contributed by atoms with E-state index in [1.807, 2.05) is 0 Å². The molecule has 72 valence electrons. The molecule has 0 rings (SSSR count). The second kappa shape index (κ2) is 7.32.